The van der Waals surface area contributed by atoms with E-state index in [1.165, 1.54) is 31.5 Å². The summed E-state index contributed by atoms with van der Waals surface area (Å²) >= 11 is 0. The van der Waals surface area contributed by atoms with Gasteiger partial charge in [0.25, 0.3) is 0 Å². The average Bonchev–Trinajstić information content (AvgIpc) is 3.32. The van der Waals surface area contributed by atoms with E-state index in [-0.39, 0.29) is 17.5 Å². The lowest BCUT2D eigenvalue weighted by Gasteiger charge is -2.37. The highest BCUT2D eigenvalue weighted by Crippen LogP contribution is 2.57. The Morgan fingerprint density at radius 1 is 1.09 bits per heavy atom. The van der Waals surface area contributed by atoms with Crippen LogP contribution in [0.25, 0.3) is 6.08 Å². The number of ketones is 2. The number of aromatic nitrogens is 1. The van der Waals surface area contributed by atoms with Gasteiger partial charge < -0.3 is 10.2 Å². The Morgan fingerprint density at radius 3 is 2.62 bits per heavy atom. The molecule has 7 heteroatoms. The molecule has 6 rings (SSSR count). The maximum atomic E-state index is 14.1. The van der Waals surface area contributed by atoms with Crippen LogP contribution in [-0.2, 0) is 15.0 Å². The van der Waals surface area contributed by atoms with Crippen LogP contribution >= 0.6 is 0 Å². The number of pyridine rings is 1. The van der Waals surface area contributed by atoms with E-state index in [1.54, 1.807) is 30.3 Å². The Morgan fingerprint density at radius 2 is 1.85 bits per heavy atom. The summed E-state index contributed by atoms with van der Waals surface area (Å²) in [5, 5.41) is 2.96. The van der Waals surface area contributed by atoms with E-state index in [1.807, 2.05) is 29.2 Å². The number of hydrogen-bond acceptors (Lipinski definition) is 5. The predicted octanol–water partition coefficient (Wildman–Crippen LogP) is 3.78. The maximum Gasteiger partial charge on any atom is 0.238 e. The number of nitrogens with zero attached hydrogens (tertiary/aromatic N) is 2. The summed E-state index contributed by atoms with van der Waals surface area (Å²) in [7, 11) is 0. The first-order valence-corrected chi connectivity index (χ1v) is 11.1. The lowest BCUT2D eigenvalue weighted by Crippen LogP contribution is -2.51. The molecule has 1 amide bonds. The van der Waals surface area contributed by atoms with Gasteiger partial charge in [0.1, 0.15) is 11.2 Å². The van der Waals surface area contributed by atoms with Crippen molar-refractivity contribution < 1.29 is 18.8 Å². The van der Waals surface area contributed by atoms with Crippen LogP contribution in [0.2, 0.25) is 0 Å². The van der Waals surface area contributed by atoms with Crippen molar-refractivity contribution in [2.24, 2.45) is 5.92 Å². The number of para-hydroxylation sites is 1. The molecule has 3 aromatic rings. The van der Waals surface area contributed by atoms with Crippen LogP contribution in [0.3, 0.4) is 0 Å². The van der Waals surface area contributed by atoms with Crippen molar-refractivity contribution in [2.45, 2.75) is 24.4 Å². The third-order valence-electron chi connectivity index (χ3n) is 7.26. The monoisotopic (exact) mass is 453 g/mol. The molecule has 0 bridgehead atoms. The van der Waals surface area contributed by atoms with Crippen LogP contribution < -0.4 is 10.2 Å². The Kier molecular flexibility index (Phi) is 4.33. The number of fused-ring (bicyclic) bond motifs is 6. The molecular formula is C27H20FN3O3. The number of halogens is 1. The van der Waals surface area contributed by atoms with Crippen LogP contribution in [0, 0.1) is 11.7 Å². The molecule has 0 radical (unpaired) electrons. The Labute approximate surface area is 195 Å². The molecule has 3 aliphatic rings. The predicted molar refractivity (Wildman–Crippen MR) is 125 cm³/mol. The molecule has 1 spiro atoms. The normalized spacial score (nSPS) is 26.1. The number of carbonyl (C=O) groups is 3. The molecule has 0 aliphatic carbocycles. The second kappa shape index (κ2) is 7.18. The first-order valence-electron chi connectivity index (χ1n) is 11.1. The summed E-state index contributed by atoms with van der Waals surface area (Å²) in [4.78, 5) is 47.1. The quantitative estimate of drug-likeness (QED) is 0.611. The van der Waals surface area contributed by atoms with Gasteiger partial charge in [-0.2, -0.15) is 0 Å². The number of rotatable bonds is 3. The zero-order valence-corrected chi connectivity index (χ0v) is 18.2. The van der Waals surface area contributed by atoms with Gasteiger partial charge >= 0.3 is 0 Å². The van der Waals surface area contributed by atoms with Crippen molar-refractivity contribution in [3.05, 3.63) is 95.6 Å². The third-order valence-corrected chi connectivity index (χ3v) is 7.26. The minimum absolute atomic E-state index is 0.239. The summed E-state index contributed by atoms with van der Waals surface area (Å²) in [6.07, 6.45) is 6.63. The summed E-state index contributed by atoms with van der Waals surface area (Å²) in [5.74, 6) is -2.27. The van der Waals surface area contributed by atoms with E-state index >= 15 is 0 Å². The van der Waals surface area contributed by atoms with E-state index in [0.29, 0.717) is 28.1 Å². The maximum absolute atomic E-state index is 14.1. The number of amides is 1. The van der Waals surface area contributed by atoms with E-state index in [2.05, 4.69) is 10.3 Å². The molecule has 1 N–H and O–H groups in total. The lowest BCUT2D eigenvalue weighted by molar-refractivity contribution is -0.122. The van der Waals surface area contributed by atoms with Crippen LogP contribution in [0.4, 0.5) is 15.8 Å². The van der Waals surface area contributed by atoms with E-state index in [4.69, 9.17) is 0 Å². The van der Waals surface area contributed by atoms with Crippen molar-refractivity contribution >= 4 is 34.9 Å². The minimum atomic E-state index is -1.34. The van der Waals surface area contributed by atoms with E-state index in [0.717, 1.165) is 0 Å². The molecule has 2 aromatic carbocycles. The van der Waals surface area contributed by atoms with Gasteiger partial charge in [0, 0.05) is 34.9 Å². The molecule has 0 saturated carbocycles. The van der Waals surface area contributed by atoms with E-state index < -0.39 is 29.2 Å². The summed E-state index contributed by atoms with van der Waals surface area (Å²) < 4.78 is 14.0. The van der Waals surface area contributed by atoms with Gasteiger partial charge in [-0.25, -0.2) is 4.39 Å². The molecule has 4 atom stereocenters. The van der Waals surface area contributed by atoms with Gasteiger partial charge in [0.2, 0.25) is 5.91 Å². The number of anilines is 2. The van der Waals surface area contributed by atoms with Gasteiger partial charge in [-0.1, -0.05) is 30.4 Å². The molecule has 0 unspecified atom stereocenters. The Balaban J connectivity index is 1.67. The number of hydrogen-bond donors (Lipinski definition) is 1. The Hall–Kier alpha value is -4.13. The molecule has 4 heterocycles. The molecule has 1 aromatic heterocycles. The largest absolute Gasteiger partial charge is 0.352 e. The van der Waals surface area contributed by atoms with Crippen LogP contribution in [0.1, 0.15) is 28.4 Å². The van der Waals surface area contributed by atoms with Gasteiger partial charge in [0.15, 0.2) is 11.6 Å². The van der Waals surface area contributed by atoms with Gasteiger partial charge in [-0.05, 0) is 48.9 Å². The zero-order valence-electron chi connectivity index (χ0n) is 18.2. The summed E-state index contributed by atoms with van der Waals surface area (Å²) in [6.45, 7) is 1.44. The number of carbonyl (C=O) groups excluding carboxylic acids is 3. The van der Waals surface area contributed by atoms with Gasteiger partial charge in [-0.3, -0.25) is 19.4 Å². The highest BCUT2D eigenvalue weighted by Gasteiger charge is 2.69. The van der Waals surface area contributed by atoms with Crippen molar-refractivity contribution in [3.63, 3.8) is 0 Å². The standard InChI is InChI=1S/C27H20FN3O3/c1-15(32)24-23(25(33)16-10-12-29-13-11-16)27(19-4-2-3-5-20(19)30-26(27)34)22-9-6-17-14-18(28)7-8-21(17)31(22)24/h2-14,22-24H,1H3,(H,30,34)/t22-,23+,24+,27+/m0/s1. The smallest absolute Gasteiger partial charge is 0.238 e. The van der Waals surface area contributed by atoms with Gasteiger partial charge in [0.05, 0.1) is 18.0 Å². The molecule has 168 valence electrons. The second-order valence-corrected chi connectivity index (χ2v) is 8.92. The van der Waals surface area contributed by atoms with Crippen molar-refractivity contribution in [1.29, 1.82) is 0 Å². The van der Waals surface area contributed by atoms with Crippen LogP contribution in [0.15, 0.2) is 73.1 Å². The topological polar surface area (TPSA) is 79.4 Å². The average molecular weight is 453 g/mol. The molecular weight excluding hydrogens is 433 g/mol. The van der Waals surface area contributed by atoms with E-state index in [9.17, 15) is 18.8 Å². The fourth-order valence-electron chi connectivity index (χ4n) is 6.00. The number of nitrogens with one attached hydrogen (secondary N) is 1. The van der Waals surface area contributed by atoms with Crippen LogP contribution in [-0.4, -0.2) is 34.5 Å². The van der Waals surface area contributed by atoms with Crippen molar-refractivity contribution in [1.82, 2.24) is 4.98 Å². The van der Waals surface area contributed by atoms with Crippen LogP contribution in [0.5, 0.6) is 0 Å². The zero-order chi connectivity index (χ0) is 23.6. The highest BCUT2D eigenvalue weighted by atomic mass is 19.1. The molecule has 3 aliphatic heterocycles. The fraction of sp³-hybridized carbons (Fsp3) is 0.185. The first kappa shape index (κ1) is 20.5. The molecule has 34 heavy (non-hydrogen) atoms. The van der Waals surface area contributed by atoms with Crippen molar-refractivity contribution in [2.75, 3.05) is 10.2 Å². The lowest BCUT2D eigenvalue weighted by atomic mass is 9.64. The first-order chi connectivity index (χ1) is 16.4. The van der Waals surface area contributed by atoms with Gasteiger partial charge in [-0.15, -0.1) is 0 Å². The number of benzene rings is 2. The molecule has 6 nitrogen and oxygen atoms in total. The minimum Gasteiger partial charge on any atom is -0.352 e. The summed E-state index contributed by atoms with van der Waals surface area (Å²) in [6, 6.07) is 13.3. The highest BCUT2D eigenvalue weighted by molar-refractivity contribution is 6.16. The fourth-order valence-corrected chi connectivity index (χ4v) is 6.00. The Bertz CT molecular complexity index is 1400. The third kappa shape index (κ3) is 2.55. The van der Waals surface area contributed by atoms with Crippen molar-refractivity contribution in [3.8, 4) is 0 Å². The number of Topliss-reactive ketones (excluding diaryl/α,β-unsaturated/α-hetero) is 2. The molecule has 1 fully saturated rings. The second-order valence-electron chi connectivity index (χ2n) is 8.92. The molecule has 1 saturated heterocycles. The SMILES string of the molecule is CC(=O)[C@@H]1[C@H](C(=O)c2ccncc2)[C@]2(C(=O)Nc3ccccc32)[C@@H]2C=Cc3cc(F)ccc3N12. The summed E-state index contributed by atoms with van der Waals surface area (Å²) in [5.41, 5.74) is 1.57.